The third kappa shape index (κ3) is 20.8. The molecule has 20 heteroatoms. The first-order valence-electron chi connectivity index (χ1n) is 24.4. The first-order chi connectivity index (χ1) is 31.5. The molecule has 3 aliphatic heterocycles. The maximum absolute atomic E-state index is 11.9. The van der Waals surface area contributed by atoms with E-state index in [0.717, 1.165) is 104 Å². The molecule has 0 aliphatic carbocycles. The molecule has 0 spiro atoms. The molecule has 0 aromatic rings. The van der Waals surface area contributed by atoms with Gasteiger partial charge in [0.15, 0.2) is 31.1 Å². The van der Waals surface area contributed by atoms with Gasteiger partial charge in [0.2, 0.25) is 0 Å². The average Bonchev–Trinajstić information content (AvgIpc) is 3.27. The van der Waals surface area contributed by atoms with Gasteiger partial charge in [0, 0.05) is 13.8 Å². The second-order valence-electron chi connectivity index (χ2n) is 18.1. The van der Waals surface area contributed by atoms with E-state index >= 15 is 0 Å². The lowest BCUT2D eigenvalue weighted by atomic mass is 9.98. The van der Waals surface area contributed by atoms with Crippen molar-refractivity contribution >= 4 is 17.9 Å². The summed E-state index contributed by atoms with van der Waals surface area (Å²) >= 11 is 0. The lowest BCUT2D eigenvalue weighted by molar-refractivity contribution is -0.380. The number of rotatable bonds is 33. The largest absolute Gasteiger partial charge is 0.479 e. The topological polar surface area (TPSA) is 307 Å². The van der Waals surface area contributed by atoms with Crippen molar-refractivity contribution in [2.45, 2.75) is 254 Å². The normalized spacial score (nSPS) is 31.8. The molecule has 3 aliphatic rings. The van der Waals surface area contributed by atoms with Gasteiger partial charge < -0.3 is 83.9 Å². The van der Waals surface area contributed by atoms with Crippen LogP contribution in [0.2, 0.25) is 0 Å². The zero-order valence-electron chi connectivity index (χ0n) is 39.2. The van der Waals surface area contributed by atoms with E-state index in [2.05, 4.69) is 6.92 Å². The quantitative estimate of drug-likeness (QED) is 0.0337. The molecule has 20 nitrogen and oxygen atoms in total. The number of aliphatic hydroxyl groups is 8. The minimum absolute atomic E-state index is 0.277. The third-order valence-electron chi connectivity index (χ3n) is 12.4. The van der Waals surface area contributed by atoms with Crippen LogP contribution in [-0.2, 0) is 52.3 Å². The molecule has 3 saturated heterocycles. The van der Waals surface area contributed by atoms with Crippen molar-refractivity contribution in [1.29, 1.82) is 0 Å². The Morgan fingerprint density at radius 1 is 0.576 bits per heavy atom. The fourth-order valence-electron chi connectivity index (χ4n) is 8.46. The van der Waals surface area contributed by atoms with Crippen molar-refractivity contribution in [3.8, 4) is 0 Å². The molecule has 0 saturated carbocycles. The van der Waals surface area contributed by atoms with Crippen LogP contribution < -0.4 is 0 Å². The van der Waals surface area contributed by atoms with Gasteiger partial charge in [-0.25, -0.2) is 4.79 Å². The Hall–Kier alpha value is -2.15. The van der Waals surface area contributed by atoms with Gasteiger partial charge in [0.25, 0.3) is 0 Å². The summed E-state index contributed by atoms with van der Waals surface area (Å²) < 4.78 is 46.4. The number of aliphatic carboxylic acids is 1. The Balaban J connectivity index is 1.67. The SMILES string of the molecule is CCCCCC[C@H](O)CCC[C@@H](CCCCCCCCCCCCC[C@@H](O)C(=O)O)O[C@H]1OC[C@H](O)[C@H](O)[C@H]1O[C@H]1OC[C@@H](OC(C)=O)[C@H](O)[C@H]1O[C@H]1O[C@H](COC(C)=O)[C@@H](O)[C@H](O)[C@H]1O. The van der Waals surface area contributed by atoms with Crippen LogP contribution in [0.1, 0.15) is 156 Å². The fourth-order valence-corrected chi connectivity index (χ4v) is 8.46. The van der Waals surface area contributed by atoms with Gasteiger partial charge in [-0.1, -0.05) is 103 Å². The van der Waals surface area contributed by atoms with Crippen LogP contribution in [-0.4, -0.2) is 182 Å². The molecule has 0 unspecified atom stereocenters. The number of esters is 2. The molecule has 0 radical (unpaired) electrons. The smallest absolute Gasteiger partial charge is 0.332 e. The number of unbranched alkanes of at least 4 members (excludes halogenated alkanes) is 13. The Labute approximate surface area is 389 Å². The number of hydrogen-bond acceptors (Lipinski definition) is 19. The summed E-state index contributed by atoms with van der Waals surface area (Å²) in [5, 5.41) is 94.5. The molecule has 3 fully saturated rings. The van der Waals surface area contributed by atoms with E-state index in [4.69, 9.17) is 43.0 Å². The van der Waals surface area contributed by atoms with Crippen LogP contribution in [0.5, 0.6) is 0 Å². The molecule has 0 bridgehead atoms. The summed E-state index contributed by atoms with van der Waals surface area (Å²) in [5.74, 6) is -2.64. The van der Waals surface area contributed by atoms with E-state index in [1.165, 1.54) is 0 Å². The highest BCUT2D eigenvalue weighted by Gasteiger charge is 2.52. The number of carboxylic acid groups (broad SMARTS) is 1. The zero-order valence-corrected chi connectivity index (χ0v) is 39.2. The number of carboxylic acids is 1. The predicted octanol–water partition coefficient (Wildman–Crippen LogP) is 2.26. The van der Waals surface area contributed by atoms with E-state index in [0.29, 0.717) is 38.5 Å². The maximum Gasteiger partial charge on any atom is 0.332 e. The molecule has 3 heterocycles. The van der Waals surface area contributed by atoms with Crippen LogP contribution in [0, 0.1) is 0 Å². The zero-order chi connectivity index (χ0) is 48.6. The molecular weight excluding hydrogens is 872 g/mol. The van der Waals surface area contributed by atoms with Crippen molar-refractivity contribution in [1.82, 2.24) is 0 Å². The number of ether oxygens (including phenoxy) is 8. The van der Waals surface area contributed by atoms with Crippen molar-refractivity contribution in [2.24, 2.45) is 0 Å². The predicted molar refractivity (Wildman–Crippen MR) is 233 cm³/mol. The molecule has 16 atom stereocenters. The first-order valence-corrected chi connectivity index (χ1v) is 24.4. The van der Waals surface area contributed by atoms with Crippen LogP contribution in [0.15, 0.2) is 0 Å². The van der Waals surface area contributed by atoms with E-state index in [1.807, 2.05) is 0 Å². The summed E-state index contributed by atoms with van der Waals surface area (Å²) in [6, 6.07) is 0. The van der Waals surface area contributed by atoms with E-state index in [-0.39, 0.29) is 13.0 Å². The van der Waals surface area contributed by atoms with Gasteiger partial charge in [0.05, 0.1) is 25.4 Å². The molecule has 3 rings (SSSR count). The third-order valence-corrected chi connectivity index (χ3v) is 12.4. The molecule has 9 N–H and O–H groups in total. The highest BCUT2D eigenvalue weighted by Crippen LogP contribution is 2.33. The second kappa shape index (κ2) is 31.9. The summed E-state index contributed by atoms with van der Waals surface area (Å²) in [7, 11) is 0. The van der Waals surface area contributed by atoms with Crippen molar-refractivity contribution in [3.63, 3.8) is 0 Å². The summed E-state index contributed by atoms with van der Waals surface area (Å²) in [4.78, 5) is 34.2. The van der Waals surface area contributed by atoms with Crippen LogP contribution in [0.3, 0.4) is 0 Å². The Morgan fingerprint density at radius 2 is 1.11 bits per heavy atom. The number of aliphatic hydroxyl groups excluding tert-OH is 8. The number of carbonyl (C=O) groups excluding carboxylic acids is 2. The van der Waals surface area contributed by atoms with Crippen LogP contribution in [0.4, 0.5) is 0 Å². The summed E-state index contributed by atoms with van der Waals surface area (Å²) in [6.07, 6.45) is -4.32. The van der Waals surface area contributed by atoms with Gasteiger partial charge in [-0.15, -0.1) is 0 Å². The highest BCUT2D eigenvalue weighted by molar-refractivity contribution is 5.71. The molecule has 0 amide bonds. The average molecular weight is 955 g/mol. The van der Waals surface area contributed by atoms with Gasteiger partial charge in [-0.05, 0) is 38.5 Å². The summed E-state index contributed by atoms with van der Waals surface area (Å²) in [6.45, 7) is 3.17. The monoisotopic (exact) mass is 955 g/mol. The minimum Gasteiger partial charge on any atom is -0.479 e. The molecule has 0 aromatic heterocycles. The van der Waals surface area contributed by atoms with E-state index in [1.54, 1.807) is 0 Å². The highest BCUT2D eigenvalue weighted by atomic mass is 16.8. The molecule has 0 aromatic carbocycles. The maximum atomic E-state index is 11.9. The van der Waals surface area contributed by atoms with E-state index < -0.39 is 129 Å². The first kappa shape index (κ1) is 58.2. The minimum atomic E-state index is -1.90. The number of carbonyl (C=O) groups is 3. The van der Waals surface area contributed by atoms with Gasteiger partial charge in [-0.3, -0.25) is 9.59 Å². The number of hydrogen-bond donors (Lipinski definition) is 9. The molecular formula is C46H82O20. The van der Waals surface area contributed by atoms with Gasteiger partial charge >= 0.3 is 17.9 Å². The Bertz CT molecular complexity index is 1340. The second-order valence-corrected chi connectivity index (χ2v) is 18.1. The lowest BCUT2D eigenvalue weighted by Gasteiger charge is -2.46. The van der Waals surface area contributed by atoms with E-state index in [9.17, 15) is 55.2 Å². The molecule has 386 valence electrons. The fraction of sp³-hybridized carbons (Fsp3) is 0.935. The summed E-state index contributed by atoms with van der Waals surface area (Å²) in [5.41, 5.74) is 0. The van der Waals surface area contributed by atoms with Crippen molar-refractivity contribution in [3.05, 3.63) is 0 Å². The van der Waals surface area contributed by atoms with Crippen LogP contribution >= 0.6 is 0 Å². The Kier molecular flexibility index (Phi) is 28.1. The molecule has 66 heavy (non-hydrogen) atoms. The standard InChI is InChI=1S/C46H82O20/c1-4-5-6-16-20-30(49)21-19-23-31(22-17-14-12-10-8-7-9-11-13-15-18-24-32(50)43(57)58)63-45-41(36(52)33(51)25-60-45)66-46-42(38(54)35(27-61-46)62-29(3)48)65-44-40(56)39(55)37(53)34(64-44)26-59-28(2)47/h30-42,44-46,49-56H,4-27H2,1-3H3,(H,57,58)/t30-,31+,32+,33-,34+,35+,36-,37+,38-,39-,40+,41+,42+,44+,45+,46+/m0/s1. The lowest BCUT2D eigenvalue weighted by Crippen LogP contribution is -2.65. The van der Waals surface area contributed by atoms with Crippen molar-refractivity contribution < 1.29 is 98.2 Å². The van der Waals surface area contributed by atoms with Crippen molar-refractivity contribution in [2.75, 3.05) is 19.8 Å². The van der Waals surface area contributed by atoms with Gasteiger partial charge in [0.1, 0.15) is 61.5 Å². The van der Waals surface area contributed by atoms with Crippen LogP contribution in [0.25, 0.3) is 0 Å². The Morgan fingerprint density at radius 3 is 1.71 bits per heavy atom. The van der Waals surface area contributed by atoms with Gasteiger partial charge in [-0.2, -0.15) is 0 Å².